The zero-order valence-corrected chi connectivity index (χ0v) is 14.8. The summed E-state index contributed by atoms with van der Waals surface area (Å²) >= 11 is 0. The molecule has 3 rings (SSSR count). The van der Waals surface area contributed by atoms with Crippen molar-refractivity contribution < 1.29 is 0 Å². The topological polar surface area (TPSA) is 82.9 Å². The monoisotopic (exact) mass is 339 g/mol. The Morgan fingerprint density at radius 3 is 2.92 bits per heavy atom. The van der Waals surface area contributed by atoms with Crippen molar-refractivity contribution in [1.82, 2.24) is 30.4 Å². The van der Waals surface area contributed by atoms with E-state index in [1.54, 1.807) is 13.4 Å². The third kappa shape index (κ3) is 4.17. The Kier molecular flexibility index (Phi) is 5.66. The minimum absolute atomic E-state index is 0.776. The van der Waals surface area contributed by atoms with E-state index in [0.29, 0.717) is 0 Å². The highest BCUT2D eigenvalue weighted by atomic mass is 15.3. The lowest BCUT2D eigenvalue weighted by molar-refractivity contribution is 0.632. The highest BCUT2D eigenvalue weighted by Crippen LogP contribution is 2.17. The van der Waals surface area contributed by atoms with Gasteiger partial charge in [-0.25, -0.2) is 0 Å². The molecule has 7 nitrogen and oxygen atoms in total. The maximum Gasteiger partial charge on any atom is 0.191 e. The number of aromatic amines is 1. The van der Waals surface area contributed by atoms with E-state index in [2.05, 4.69) is 66.7 Å². The fourth-order valence-electron chi connectivity index (χ4n) is 2.91. The Hall–Kier alpha value is -2.83. The van der Waals surface area contributed by atoms with E-state index in [4.69, 9.17) is 0 Å². The standard InChI is InChI=1S/C18H25N7/c1-3-17-24-23-13-25(17)11-10-21-18(19-2)20-9-8-14-12-22-16-7-5-4-6-15(14)16/h4-7,12-13,22H,3,8-11H2,1-2H3,(H2,19,20,21). The molecule has 25 heavy (non-hydrogen) atoms. The normalized spacial score (nSPS) is 11.8. The zero-order chi connectivity index (χ0) is 17.5. The molecule has 0 saturated heterocycles. The SMILES string of the molecule is CCc1nncn1CCNC(=NC)NCCc1c[nH]c2ccccc12. The largest absolute Gasteiger partial charge is 0.361 e. The molecule has 0 saturated carbocycles. The average molecular weight is 339 g/mol. The molecule has 0 aliphatic rings. The van der Waals surface area contributed by atoms with Gasteiger partial charge in [-0.1, -0.05) is 25.1 Å². The zero-order valence-electron chi connectivity index (χ0n) is 14.8. The Morgan fingerprint density at radius 1 is 1.24 bits per heavy atom. The van der Waals surface area contributed by atoms with Crippen molar-refractivity contribution in [1.29, 1.82) is 0 Å². The number of aryl methyl sites for hydroxylation is 1. The van der Waals surface area contributed by atoms with Crippen molar-refractivity contribution >= 4 is 16.9 Å². The van der Waals surface area contributed by atoms with Crippen molar-refractivity contribution in [2.45, 2.75) is 26.3 Å². The smallest absolute Gasteiger partial charge is 0.191 e. The van der Waals surface area contributed by atoms with Crippen LogP contribution in [0.3, 0.4) is 0 Å². The van der Waals surface area contributed by atoms with Gasteiger partial charge in [0.05, 0.1) is 0 Å². The van der Waals surface area contributed by atoms with Crippen LogP contribution < -0.4 is 10.6 Å². The molecule has 3 aromatic rings. The average Bonchev–Trinajstić information content (AvgIpc) is 3.27. The molecular weight excluding hydrogens is 314 g/mol. The van der Waals surface area contributed by atoms with Crippen LogP contribution in [0, 0.1) is 0 Å². The van der Waals surface area contributed by atoms with Crippen molar-refractivity contribution in [2.24, 2.45) is 4.99 Å². The van der Waals surface area contributed by atoms with Gasteiger partial charge in [0.25, 0.3) is 0 Å². The summed E-state index contributed by atoms with van der Waals surface area (Å²) in [5.74, 6) is 1.81. The van der Waals surface area contributed by atoms with Crippen molar-refractivity contribution in [2.75, 3.05) is 20.1 Å². The number of nitrogens with zero attached hydrogens (tertiary/aromatic N) is 4. The van der Waals surface area contributed by atoms with Crippen LogP contribution in [0.4, 0.5) is 0 Å². The maximum atomic E-state index is 4.28. The lowest BCUT2D eigenvalue weighted by Crippen LogP contribution is -2.39. The number of aliphatic imine (C=N–C) groups is 1. The Labute approximate surface area is 147 Å². The summed E-state index contributed by atoms with van der Waals surface area (Å²) in [4.78, 5) is 7.59. The van der Waals surface area contributed by atoms with Gasteiger partial charge in [-0.3, -0.25) is 4.99 Å². The first-order chi connectivity index (χ1) is 12.3. The lowest BCUT2D eigenvalue weighted by atomic mass is 10.1. The van der Waals surface area contributed by atoms with Gasteiger partial charge in [-0.15, -0.1) is 10.2 Å². The number of aromatic nitrogens is 4. The van der Waals surface area contributed by atoms with Gasteiger partial charge in [0.15, 0.2) is 5.96 Å². The number of hydrogen-bond donors (Lipinski definition) is 3. The lowest BCUT2D eigenvalue weighted by Gasteiger charge is -2.12. The molecule has 7 heteroatoms. The Balaban J connectivity index is 1.45. The second kappa shape index (κ2) is 8.32. The van der Waals surface area contributed by atoms with Gasteiger partial charge in [0, 0.05) is 50.2 Å². The van der Waals surface area contributed by atoms with E-state index in [1.807, 2.05) is 6.07 Å². The van der Waals surface area contributed by atoms with E-state index in [1.165, 1.54) is 16.5 Å². The van der Waals surface area contributed by atoms with E-state index in [9.17, 15) is 0 Å². The molecule has 0 fully saturated rings. The summed E-state index contributed by atoms with van der Waals surface area (Å²) in [5.41, 5.74) is 2.50. The molecule has 0 aliphatic carbocycles. The van der Waals surface area contributed by atoms with E-state index >= 15 is 0 Å². The Morgan fingerprint density at radius 2 is 2.08 bits per heavy atom. The number of hydrogen-bond acceptors (Lipinski definition) is 3. The fraction of sp³-hybridized carbons (Fsp3) is 0.389. The van der Waals surface area contributed by atoms with Crippen LogP contribution in [0.15, 0.2) is 41.8 Å². The van der Waals surface area contributed by atoms with Crippen molar-refractivity contribution in [3.05, 3.63) is 48.2 Å². The molecule has 1 aromatic carbocycles. The van der Waals surface area contributed by atoms with Gasteiger partial charge >= 0.3 is 0 Å². The van der Waals surface area contributed by atoms with E-state index in [0.717, 1.165) is 44.3 Å². The summed E-state index contributed by atoms with van der Waals surface area (Å²) in [6.45, 7) is 4.50. The summed E-state index contributed by atoms with van der Waals surface area (Å²) < 4.78 is 2.06. The predicted molar refractivity (Wildman–Crippen MR) is 101 cm³/mol. The van der Waals surface area contributed by atoms with Gasteiger partial charge in [-0.2, -0.15) is 0 Å². The first-order valence-corrected chi connectivity index (χ1v) is 8.68. The quantitative estimate of drug-likeness (QED) is 0.452. The molecule has 0 atom stereocenters. The number of para-hydroxylation sites is 1. The molecule has 0 unspecified atom stereocenters. The first-order valence-electron chi connectivity index (χ1n) is 8.68. The summed E-state index contributed by atoms with van der Waals surface area (Å²) in [7, 11) is 1.79. The molecule has 3 N–H and O–H groups in total. The van der Waals surface area contributed by atoms with Crippen LogP contribution in [-0.2, 0) is 19.4 Å². The molecule has 2 heterocycles. The minimum Gasteiger partial charge on any atom is -0.361 e. The minimum atomic E-state index is 0.776. The number of H-pyrrole nitrogens is 1. The summed E-state index contributed by atoms with van der Waals surface area (Å²) in [5, 5.41) is 16.0. The molecule has 0 bridgehead atoms. The third-order valence-corrected chi connectivity index (χ3v) is 4.24. The maximum absolute atomic E-state index is 4.28. The number of fused-ring (bicyclic) bond motifs is 1. The van der Waals surface area contributed by atoms with E-state index < -0.39 is 0 Å². The molecule has 0 radical (unpaired) electrons. The molecule has 0 aliphatic heterocycles. The highest BCUT2D eigenvalue weighted by Gasteiger charge is 2.04. The van der Waals surface area contributed by atoms with Crippen LogP contribution in [0.5, 0.6) is 0 Å². The highest BCUT2D eigenvalue weighted by molar-refractivity contribution is 5.83. The van der Waals surface area contributed by atoms with Gasteiger partial charge in [0.2, 0.25) is 0 Å². The van der Waals surface area contributed by atoms with Crippen LogP contribution in [0.25, 0.3) is 10.9 Å². The molecule has 0 spiro atoms. The Bertz CT molecular complexity index is 831. The van der Waals surface area contributed by atoms with Crippen molar-refractivity contribution in [3.8, 4) is 0 Å². The van der Waals surface area contributed by atoms with Crippen LogP contribution >= 0.6 is 0 Å². The van der Waals surface area contributed by atoms with Gasteiger partial charge in [-0.05, 0) is 18.1 Å². The predicted octanol–water partition coefficient (Wildman–Crippen LogP) is 1.73. The molecule has 2 aromatic heterocycles. The van der Waals surface area contributed by atoms with Gasteiger partial charge < -0.3 is 20.2 Å². The number of guanidine groups is 1. The third-order valence-electron chi connectivity index (χ3n) is 4.24. The van der Waals surface area contributed by atoms with Crippen molar-refractivity contribution in [3.63, 3.8) is 0 Å². The second-order valence-corrected chi connectivity index (χ2v) is 5.83. The van der Waals surface area contributed by atoms with Gasteiger partial charge in [0.1, 0.15) is 12.2 Å². The summed E-state index contributed by atoms with van der Waals surface area (Å²) in [6.07, 6.45) is 5.68. The van der Waals surface area contributed by atoms with Crippen LogP contribution in [0.2, 0.25) is 0 Å². The number of rotatable bonds is 7. The van der Waals surface area contributed by atoms with Crippen LogP contribution in [-0.4, -0.2) is 45.8 Å². The molecular formula is C18H25N7. The van der Waals surface area contributed by atoms with E-state index in [-0.39, 0.29) is 0 Å². The molecule has 132 valence electrons. The van der Waals surface area contributed by atoms with Crippen LogP contribution in [0.1, 0.15) is 18.3 Å². The fourth-order valence-corrected chi connectivity index (χ4v) is 2.91. The molecule has 0 amide bonds. The second-order valence-electron chi connectivity index (χ2n) is 5.83. The summed E-state index contributed by atoms with van der Waals surface area (Å²) in [6, 6.07) is 8.37. The number of nitrogens with one attached hydrogen (secondary N) is 3. The number of benzene rings is 1. The first kappa shape index (κ1) is 17.0.